The number of para-hydroxylation sites is 1. The van der Waals surface area contributed by atoms with Crippen molar-refractivity contribution in [2.24, 2.45) is 11.8 Å². The van der Waals surface area contributed by atoms with Gasteiger partial charge < -0.3 is 5.11 Å². The molecular weight excluding hydrogens is 751 g/mol. The summed E-state index contributed by atoms with van der Waals surface area (Å²) in [4.78, 5) is 18.1. The number of thiophene rings is 1. The van der Waals surface area contributed by atoms with Gasteiger partial charge in [0.1, 0.15) is 0 Å². The van der Waals surface area contributed by atoms with Gasteiger partial charge in [-0.1, -0.05) is 89.6 Å². The number of hydrogen-bond acceptors (Lipinski definition) is 4. The van der Waals surface area contributed by atoms with E-state index in [-0.39, 0.29) is 48.9 Å². The molecule has 0 unspecified atom stereocenters. The minimum absolute atomic E-state index is 0. The maximum atomic E-state index is 11.7. The molecule has 45 heavy (non-hydrogen) atoms. The van der Waals surface area contributed by atoms with Crippen LogP contribution in [0.3, 0.4) is 0 Å². The Bertz CT molecular complexity index is 1840. The van der Waals surface area contributed by atoms with Crippen LogP contribution in [0.1, 0.15) is 83.9 Å². The molecule has 2 aromatic heterocycles. The van der Waals surface area contributed by atoms with E-state index in [0.717, 1.165) is 42.5 Å². The molecule has 1 aliphatic carbocycles. The number of fused-ring (bicyclic) bond motifs is 6. The van der Waals surface area contributed by atoms with Crippen LogP contribution in [-0.2, 0) is 30.3 Å². The zero-order chi connectivity index (χ0) is 31.6. The number of nitrogens with zero attached hydrogens (tertiary/aromatic N) is 1. The average Bonchev–Trinajstić information content (AvgIpc) is 3.52. The Morgan fingerprint density at radius 2 is 1.53 bits per heavy atom. The number of aliphatic hydroxyl groups is 1. The van der Waals surface area contributed by atoms with Crippen LogP contribution < -0.4 is 0 Å². The van der Waals surface area contributed by atoms with Crippen molar-refractivity contribution in [2.75, 3.05) is 0 Å². The van der Waals surface area contributed by atoms with Gasteiger partial charge in [-0.25, -0.2) is 0 Å². The van der Waals surface area contributed by atoms with Gasteiger partial charge in [-0.2, -0.15) is 0 Å². The zero-order valence-corrected chi connectivity index (χ0v) is 30.7. The summed E-state index contributed by atoms with van der Waals surface area (Å²) in [5.74, 6) is 0.547. The van der Waals surface area contributed by atoms with Crippen LogP contribution in [0.2, 0.25) is 0 Å². The van der Waals surface area contributed by atoms with Gasteiger partial charge in [-0.3, -0.25) is 9.78 Å². The molecule has 3 nitrogen and oxygen atoms in total. The molecule has 5 heteroatoms. The van der Waals surface area contributed by atoms with Gasteiger partial charge >= 0.3 is 0 Å². The summed E-state index contributed by atoms with van der Waals surface area (Å²) < 4.78 is 1.37. The number of aryl methyl sites for hydroxylation is 1. The van der Waals surface area contributed by atoms with Crippen molar-refractivity contribution in [3.05, 3.63) is 101 Å². The van der Waals surface area contributed by atoms with Crippen molar-refractivity contribution in [3.63, 3.8) is 0 Å². The van der Waals surface area contributed by atoms with Crippen LogP contribution in [0.15, 0.2) is 78.6 Å². The molecule has 1 N–H and O–H groups in total. The molecule has 0 saturated carbocycles. The third-order valence-electron chi connectivity index (χ3n) is 9.35. The normalized spacial score (nSPS) is 13.4. The molecule has 0 bridgehead atoms. The number of allylic oxidation sites excluding steroid dienone is 2. The van der Waals surface area contributed by atoms with Gasteiger partial charge in [0.05, 0.1) is 11.3 Å². The predicted octanol–water partition coefficient (Wildman–Crippen LogP) is 11.4. The van der Waals surface area contributed by atoms with Gasteiger partial charge in [0.25, 0.3) is 0 Å². The molecule has 0 atom stereocenters. The second-order valence-corrected chi connectivity index (χ2v) is 13.5. The molecule has 0 saturated heterocycles. The van der Waals surface area contributed by atoms with Crippen molar-refractivity contribution in [1.82, 2.24) is 4.98 Å². The standard InChI is InChI=1S/C27H20NS.C13H24O2.Ir/c1-16-15-22(28-21-13-6-4-9-17(16)21)18-11-8-12-20-24(18)27(2,3)25-19-10-5-7-14-23(19)29-26(20)25;1-5-10(6-2)12(14)9-13(15)11(7-3)8-4;/h4-10,12-15H,1-3H3;9-11,14H,5-8H2,1-4H3;/q-1;;/b;12-9-;. The smallest absolute Gasteiger partial charge is 0.162 e. The molecule has 237 valence electrons. The van der Waals surface area contributed by atoms with Crippen LogP contribution in [0.4, 0.5) is 0 Å². The molecule has 0 aliphatic heterocycles. The minimum atomic E-state index is -0.0847. The maximum Gasteiger partial charge on any atom is 0.162 e. The van der Waals surface area contributed by atoms with Gasteiger partial charge in [0.2, 0.25) is 0 Å². The number of rotatable bonds is 8. The van der Waals surface area contributed by atoms with E-state index in [9.17, 15) is 9.90 Å². The molecular formula is C40H44IrNO2S-. The van der Waals surface area contributed by atoms with Gasteiger partial charge in [-0.15, -0.1) is 40.7 Å². The van der Waals surface area contributed by atoms with Gasteiger partial charge in [0.15, 0.2) is 5.78 Å². The first-order chi connectivity index (χ1) is 21.2. The minimum Gasteiger partial charge on any atom is -0.512 e. The molecule has 0 fully saturated rings. The average molecular weight is 795 g/mol. The number of aromatic nitrogens is 1. The van der Waals surface area contributed by atoms with Crippen LogP contribution in [0.5, 0.6) is 0 Å². The summed E-state index contributed by atoms with van der Waals surface area (Å²) >= 11 is 1.91. The van der Waals surface area contributed by atoms with Crippen molar-refractivity contribution in [3.8, 4) is 21.7 Å². The number of hydrogen-bond donors (Lipinski definition) is 1. The van der Waals surface area contributed by atoms with E-state index in [0.29, 0.717) is 0 Å². The van der Waals surface area contributed by atoms with Gasteiger partial charge in [0, 0.05) is 53.0 Å². The van der Waals surface area contributed by atoms with E-state index in [4.69, 9.17) is 4.98 Å². The Hall–Kier alpha value is -3.11. The maximum absolute atomic E-state index is 11.7. The Kier molecular flexibility index (Phi) is 11.2. The van der Waals surface area contributed by atoms with Crippen LogP contribution in [-0.4, -0.2) is 15.9 Å². The molecule has 5 aromatic rings. The molecule has 0 amide bonds. The quantitative estimate of drug-likeness (QED) is 0.0967. The summed E-state index contributed by atoms with van der Waals surface area (Å²) in [6.07, 6.45) is 4.91. The zero-order valence-electron chi connectivity index (χ0n) is 27.5. The first-order valence-electron chi connectivity index (χ1n) is 16.0. The number of aliphatic hydroxyl groups excluding tert-OH is 1. The first kappa shape index (κ1) is 34.8. The monoisotopic (exact) mass is 795 g/mol. The Morgan fingerprint density at radius 3 is 2.20 bits per heavy atom. The Balaban J connectivity index is 0.000000249. The molecule has 0 spiro atoms. The summed E-state index contributed by atoms with van der Waals surface area (Å²) in [5.41, 5.74) is 8.52. The summed E-state index contributed by atoms with van der Waals surface area (Å²) in [6, 6.07) is 27.2. The van der Waals surface area contributed by atoms with E-state index in [1.807, 2.05) is 39.0 Å². The fourth-order valence-electron chi connectivity index (χ4n) is 6.78. The fourth-order valence-corrected chi connectivity index (χ4v) is 8.17. The van der Waals surface area contributed by atoms with Crippen molar-refractivity contribution >= 4 is 38.1 Å². The molecule has 3 aromatic carbocycles. The molecule has 2 heterocycles. The Labute approximate surface area is 286 Å². The van der Waals surface area contributed by atoms with E-state index in [2.05, 4.69) is 93.6 Å². The third-order valence-corrected chi connectivity index (χ3v) is 10.6. The molecule has 1 radical (unpaired) electrons. The van der Waals surface area contributed by atoms with Crippen molar-refractivity contribution in [2.45, 2.75) is 79.6 Å². The summed E-state index contributed by atoms with van der Waals surface area (Å²) in [7, 11) is 0. The Morgan fingerprint density at radius 1 is 0.911 bits per heavy atom. The van der Waals surface area contributed by atoms with E-state index in [1.54, 1.807) is 0 Å². The number of ketones is 1. The van der Waals surface area contributed by atoms with E-state index < -0.39 is 0 Å². The second kappa shape index (κ2) is 14.5. The second-order valence-electron chi connectivity index (χ2n) is 12.4. The van der Waals surface area contributed by atoms with E-state index in [1.165, 1.54) is 48.7 Å². The number of pyridine rings is 1. The van der Waals surface area contributed by atoms with Crippen LogP contribution in [0, 0.1) is 24.8 Å². The topological polar surface area (TPSA) is 50.2 Å². The summed E-state index contributed by atoms with van der Waals surface area (Å²) in [5, 5.41) is 12.4. The molecule has 1 aliphatic rings. The number of benzene rings is 3. The first-order valence-corrected chi connectivity index (χ1v) is 16.9. The third kappa shape index (κ3) is 6.59. The van der Waals surface area contributed by atoms with E-state index >= 15 is 0 Å². The predicted molar refractivity (Wildman–Crippen MR) is 188 cm³/mol. The number of carbonyl (C=O) groups excluding carboxylic acids is 1. The molecule has 6 rings (SSSR count). The van der Waals surface area contributed by atoms with Crippen molar-refractivity contribution in [1.29, 1.82) is 0 Å². The van der Waals surface area contributed by atoms with Gasteiger partial charge in [-0.05, 0) is 72.4 Å². The number of carbonyl (C=O) groups is 1. The summed E-state index contributed by atoms with van der Waals surface area (Å²) in [6.45, 7) is 14.9. The largest absolute Gasteiger partial charge is 0.512 e. The SMILES string of the molecule is CCC(CC)C(=O)/C=C(\O)C(CC)CC.Cc1cc(-c2[c-]ccc3c2C(C)(C)c2c-3sc3ccccc23)nc2ccccc12.[Ir]. The van der Waals surface area contributed by atoms with Crippen LogP contribution >= 0.6 is 11.3 Å². The van der Waals surface area contributed by atoms with Crippen molar-refractivity contribution < 1.29 is 30.0 Å². The fraction of sp³-hybridized carbons (Fsp3) is 0.350. The van der Waals surface area contributed by atoms with Crippen LogP contribution in [0.25, 0.3) is 42.7 Å².